The summed E-state index contributed by atoms with van der Waals surface area (Å²) in [6.45, 7) is 2.10. The highest BCUT2D eigenvalue weighted by molar-refractivity contribution is 7.89. The van der Waals surface area contributed by atoms with E-state index in [-0.39, 0.29) is 10.9 Å². The fraction of sp³-hybridized carbons (Fsp3) is 0.333. The lowest BCUT2D eigenvalue weighted by Crippen LogP contribution is -2.39. The summed E-state index contributed by atoms with van der Waals surface area (Å²) < 4.78 is 29.4. The average molecular weight is 441 g/mol. The summed E-state index contributed by atoms with van der Waals surface area (Å²) in [4.78, 5) is 25.6. The lowest BCUT2D eigenvalue weighted by atomic mass is 10.0. The fourth-order valence-electron chi connectivity index (χ4n) is 3.68. The number of amides is 1. The maximum Gasteiger partial charge on any atom is 0.262 e. The minimum Gasteiger partial charge on any atom is -0.339 e. The number of hydrogen-bond acceptors (Lipinski definition) is 6. The van der Waals surface area contributed by atoms with Crippen molar-refractivity contribution in [1.29, 1.82) is 0 Å². The number of aromatic nitrogens is 4. The van der Waals surface area contributed by atoms with Crippen LogP contribution in [0, 0.1) is 6.92 Å². The first-order chi connectivity index (χ1) is 14.9. The molecule has 1 saturated heterocycles. The molecule has 9 nitrogen and oxygen atoms in total. The largest absolute Gasteiger partial charge is 0.339 e. The molecule has 0 aliphatic carbocycles. The normalized spacial score (nSPS) is 17.4. The van der Waals surface area contributed by atoms with Gasteiger partial charge >= 0.3 is 0 Å². The molecule has 1 atom stereocenters. The molecule has 0 radical (unpaired) electrons. The van der Waals surface area contributed by atoms with E-state index < -0.39 is 16.1 Å². The number of nitrogens with one attached hydrogen (secondary N) is 1. The second-order valence-electron chi connectivity index (χ2n) is 7.55. The Labute approximate surface area is 181 Å². The zero-order valence-electron chi connectivity index (χ0n) is 17.4. The van der Waals surface area contributed by atoms with E-state index in [1.165, 1.54) is 23.0 Å². The van der Waals surface area contributed by atoms with Crippen molar-refractivity contribution in [3.63, 3.8) is 0 Å². The first-order valence-electron chi connectivity index (χ1n) is 10.1. The zero-order chi connectivity index (χ0) is 22.0. The van der Waals surface area contributed by atoms with E-state index in [0.717, 1.165) is 12.8 Å². The minimum absolute atomic E-state index is 0.0116. The van der Waals surface area contributed by atoms with Gasteiger partial charge in [0.25, 0.3) is 15.9 Å². The quantitative estimate of drug-likeness (QED) is 0.653. The number of sulfonamides is 1. The predicted octanol–water partition coefficient (Wildman–Crippen LogP) is 2.69. The Balaban J connectivity index is 1.60. The molecule has 4 rings (SSSR count). The number of nitrogens with zero attached hydrogens (tertiary/aromatic N) is 5. The first-order valence-corrected chi connectivity index (χ1v) is 11.5. The molecule has 162 valence electrons. The number of para-hydroxylation sites is 1. The summed E-state index contributed by atoms with van der Waals surface area (Å²) in [5, 5.41) is 2.83. The van der Waals surface area contributed by atoms with Crippen LogP contribution in [-0.4, -0.2) is 44.7 Å². The SMILES string of the molecule is Cc1nc(C2CCCCN2S(=O)(=O)c2cn(C)cn2)ncc1C(=O)Nc1ccccc1. The van der Waals surface area contributed by atoms with E-state index in [2.05, 4.69) is 20.3 Å². The number of rotatable bonds is 5. The summed E-state index contributed by atoms with van der Waals surface area (Å²) in [5.74, 6) is 0.0878. The second kappa shape index (κ2) is 8.56. The third kappa shape index (κ3) is 4.35. The number of aryl methyl sites for hydroxylation is 2. The second-order valence-corrected chi connectivity index (χ2v) is 9.39. The van der Waals surface area contributed by atoms with Crippen LogP contribution in [0.15, 0.2) is 54.1 Å². The van der Waals surface area contributed by atoms with Gasteiger partial charge in [-0.2, -0.15) is 4.31 Å². The molecule has 1 unspecified atom stereocenters. The Hall–Kier alpha value is -3.11. The molecule has 1 N–H and O–H groups in total. The van der Waals surface area contributed by atoms with Gasteiger partial charge in [-0.3, -0.25) is 4.79 Å². The molecule has 31 heavy (non-hydrogen) atoms. The van der Waals surface area contributed by atoms with Crippen LogP contribution in [0.1, 0.15) is 47.2 Å². The van der Waals surface area contributed by atoms with Crippen LogP contribution >= 0.6 is 0 Å². The fourth-order valence-corrected chi connectivity index (χ4v) is 5.31. The van der Waals surface area contributed by atoms with E-state index >= 15 is 0 Å². The van der Waals surface area contributed by atoms with E-state index in [9.17, 15) is 13.2 Å². The Morgan fingerprint density at radius 1 is 1.16 bits per heavy atom. The van der Waals surface area contributed by atoms with E-state index in [0.29, 0.717) is 35.7 Å². The van der Waals surface area contributed by atoms with Crippen LogP contribution in [-0.2, 0) is 17.1 Å². The van der Waals surface area contributed by atoms with Gasteiger partial charge in [0.1, 0.15) is 5.82 Å². The molecule has 1 aromatic carbocycles. The summed E-state index contributed by atoms with van der Waals surface area (Å²) in [5.41, 5.74) is 1.53. The van der Waals surface area contributed by atoms with Gasteiger partial charge in [-0.15, -0.1) is 0 Å². The van der Waals surface area contributed by atoms with Gasteiger partial charge in [0.2, 0.25) is 0 Å². The van der Waals surface area contributed by atoms with Crippen LogP contribution in [0.25, 0.3) is 0 Å². The number of anilines is 1. The highest BCUT2D eigenvalue weighted by Crippen LogP contribution is 2.33. The number of piperidine rings is 1. The molecule has 1 amide bonds. The van der Waals surface area contributed by atoms with Crippen LogP contribution in [0.3, 0.4) is 0 Å². The predicted molar refractivity (Wildman–Crippen MR) is 115 cm³/mol. The van der Waals surface area contributed by atoms with Gasteiger partial charge in [0, 0.05) is 31.7 Å². The van der Waals surface area contributed by atoms with Gasteiger partial charge in [-0.05, 0) is 31.9 Å². The highest BCUT2D eigenvalue weighted by atomic mass is 32.2. The number of hydrogen-bond donors (Lipinski definition) is 1. The van der Waals surface area contributed by atoms with Crippen LogP contribution in [0.2, 0.25) is 0 Å². The molecule has 2 aromatic heterocycles. The standard InChI is InChI=1S/C21H24N6O3S/c1-15-17(21(28)25-16-8-4-3-5-9-16)12-22-20(24-15)18-10-6-7-11-27(18)31(29,30)19-13-26(2)14-23-19/h3-5,8-9,12-14,18H,6-7,10-11H2,1-2H3,(H,25,28). The van der Waals surface area contributed by atoms with Gasteiger partial charge < -0.3 is 9.88 Å². The molecular weight excluding hydrogens is 416 g/mol. The number of carbonyl (C=O) groups is 1. The third-order valence-corrected chi connectivity index (χ3v) is 7.07. The third-order valence-electron chi connectivity index (χ3n) is 5.28. The molecule has 0 spiro atoms. The monoisotopic (exact) mass is 440 g/mol. The van der Waals surface area contributed by atoms with Crippen molar-refractivity contribution < 1.29 is 13.2 Å². The highest BCUT2D eigenvalue weighted by Gasteiger charge is 2.37. The Kier molecular flexibility index (Phi) is 5.84. The number of benzene rings is 1. The summed E-state index contributed by atoms with van der Waals surface area (Å²) >= 11 is 0. The molecule has 10 heteroatoms. The van der Waals surface area contributed by atoms with Gasteiger partial charge in [-0.25, -0.2) is 23.4 Å². The number of imidazole rings is 1. The van der Waals surface area contributed by atoms with Crippen molar-refractivity contribution in [2.24, 2.45) is 7.05 Å². The molecule has 0 bridgehead atoms. The smallest absolute Gasteiger partial charge is 0.262 e. The van der Waals surface area contributed by atoms with Crippen molar-refractivity contribution >= 4 is 21.6 Å². The van der Waals surface area contributed by atoms with Crippen molar-refractivity contribution in [3.05, 3.63) is 66.1 Å². The van der Waals surface area contributed by atoms with E-state index in [1.54, 1.807) is 30.7 Å². The van der Waals surface area contributed by atoms with E-state index in [1.807, 2.05) is 18.2 Å². The maximum atomic E-state index is 13.2. The average Bonchev–Trinajstić information content (AvgIpc) is 3.21. The minimum atomic E-state index is -3.78. The summed E-state index contributed by atoms with van der Waals surface area (Å²) in [6, 6.07) is 8.64. The van der Waals surface area contributed by atoms with Crippen molar-refractivity contribution in [3.8, 4) is 0 Å². The molecule has 3 aromatic rings. The first kappa shape index (κ1) is 21.1. The lowest BCUT2D eigenvalue weighted by molar-refractivity contribution is 0.102. The van der Waals surface area contributed by atoms with Crippen molar-refractivity contribution in [2.75, 3.05) is 11.9 Å². The van der Waals surface area contributed by atoms with Gasteiger partial charge in [0.05, 0.1) is 23.6 Å². The summed E-state index contributed by atoms with van der Waals surface area (Å²) in [6.07, 6.45) is 6.67. The molecule has 1 aliphatic rings. The topological polar surface area (TPSA) is 110 Å². The maximum absolute atomic E-state index is 13.2. The van der Waals surface area contributed by atoms with Gasteiger partial charge in [0.15, 0.2) is 5.03 Å². The number of carbonyl (C=O) groups excluding carboxylic acids is 1. The summed E-state index contributed by atoms with van der Waals surface area (Å²) in [7, 11) is -2.05. The zero-order valence-corrected chi connectivity index (χ0v) is 18.2. The molecular formula is C21H24N6O3S. The van der Waals surface area contributed by atoms with Crippen molar-refractivity contribution in [1.82, 2.24) is 23.8 Å². The Morgan fingerprint density at radius 2 is 1.94 bits per heavy atom. The van der Waals surface area contributed by atoms with Crippen LogP contribution in [0.4, 0.5) is 5.69 Å². The van der Waals surface area contributed by atoms with Crippen LogP contribution in [0.5, 0.6) is 0 Å². The van der Waals surface area contributed by atoms with E-state index in [4.69, 9.17) is 0 Å². The molecule has 0 saturated carbocycles. The van der Waals surface area contributed by atoms with Gasteiger partial charge in [-0.1, -0.05) is 24.6 Å². The Bertz CT molecular complexity index is 1190. The lowest BCUT2D eigenvalue weighted by Gasteiger charge is -2.33. The molecule has 1 fully saturated rings. The van der Waals surface area contributed by atoms with Crippen LogP contribution < -0.4 is 5.32 Å². The Morgan fingerprint density at radius 3 is 2.61 bits per heavy atom. The van der Waals surface area contributed by atoms with Crippen molar-refractivity contribution in [2.45, 2.75) is 37.3 Å². The molecule has 3 heterocycles. The molecule has 1 aliphatic heterocycles.